The Balaban J connectivity index is 2.41. The van der Waals surface area contributed by atoms with Gasteiger partial charge in [0.15, 0.2) is 0 Å². The third-order valence-corrected chi connectivity index (χ3v) is 3.27. The second-order valence-electron chi connectivity index (χ2n) is 4.27. The van der Waals surface area contributed by atoms with Crippen LogP contribution in [0.4, 0.5) is 4.39 Å². The van der Waals surface area contributed by atoms with Gasteiger partial charge in [-0.25, -0.2) is 9.07 Å². The zero-order chi connectivity index (χ0) is 13.8. The van der Waals surface area contributed by atoms with Gasteiger partial charge in [0, 0.05) is 11.6 Å². The number of hydrogen-bond donors (Lipinski definition) is 1. The van der Waals surface area contributed by atoms with Crippen LogP contribution >= 0.6 is 11.6 Å². The van der Waals surface area contributed by atoms with Crippen LogP contribution in [0.1, 0.15) is 30.6 Å². The number of benzene rings is 1. The van der Waals surface area contributed by atoms with Crippen molar-refractivity contribution in [2.45, 2.75) is 25.9 Å². The summed E-state index contributed by atoms with van der Waals surface area (Å²) in [7, 11) is 1.83. The molecule has 1 heterocycles. The van der Waals surface area contributed by atoms with Gasteiger partial charge in [-0.1, -0.05) is 29.8 Å². The molecule has 0 saturated heterocycles. The Bertz CT molecular complexity index is 555. The van der Waals surface area contributed by atoms with Gasteiger partial charge in [-0.2, -0.15) is 0 Å². The molecule has 1 aromatic carbocycles. The van der Waals surface area contributed by atoms with Crippen molar-refractivity contribution in [2.24, 2.45) is 0 Å². The fourth-order valence-electron chi connectivity index (χ4n) is 2.07. The van der Waals surface area contributed by atoms with Crippen LogP contribution in [0.3, 0.4) is 0 Å². The molecule has 19 heavy (non-hydrogen) atoms. The van der Waals surface area contributed by atoms with Gasteiger partial charge in [0.25, 0.3) is 0 Å². The maximum Gasteiger partial charge on any atom is 0.124 e. The summed E-state index contributed by atoms with van der Waals surface area (Å²) in [5.74, 6) is -0.344. The van der Waals surface area contributed by atoms with Gasteiger partial charge in [-0.3, -0.25) is 0 Å². The van der Waals surface area contributed by atoms with Gasteiger partial charge in [0.05, 0.1) is 17.9 Å². The van der Waals surface area contributed by atoms with Gasteiger partial charge < -0.3 is 5.32 Å². The van der Waals surface area contributed by atoms with Crippen LogP contribution in [0, 0.1) is 5.82 Å². The molecule has 0 amide bonds. The zero-order valence-electron chi connectivity index (χ0n) is 10.9. The van der Waals surface area contributed by atoms with Crippen molar-refractivity contribution >= 4 is 11.6 Å². The molecule has 1 aromatic heterocycles. The van der Waals surface area contributed by atoms with E-state index in [0.717, 1.165) is 24.2 Å². The van der Waals surface area contributed by atoms with Gasteiger partial charge in [0.2, 0.25) is 0 Å². The van der Waals surface area contributed by atoms with Crippen molar-refractivity contribution in [3.05, 3.63) is 46.5 Å². The average molecular weight is 283 g/mol. The number of aromatic nitrogens is 3. The van der Waals surface area contributed by atoms with E-state index in [1.165, 1.54) is 12.1 Å². The van der Waals surface area contributed by atoms with E-state index in [1.807, 2.05) is 11.7 Å². The Labute approximate surface area is 116 Å². The number of hydrogen-bond acceptors (Lipinski definition) is 3. The Morgan fingerprint density at radius 1 is 1.47 bits per heavy atom. The molecule has 0 radical (unpaired) electrons. The highest BCUT2D eigenvalue weighted by Gasteiger charge is 2.20. The first-order chi connectivity index (χ1) is 9.17. The lowest BCUT2D eigenvalue weighted by atomic mass is 10.0. The lowest BCUT2D eigenvalue weighted by Crippen LogP contribution is -2.22. The first kappa shape index (κ1) is 14.0. The van der Waals surface area contributed by atoms with Gasteiger partial charge in [0.1, 0.15) is 5.82 Å². The molecule has 2 aromatic rings. The van der Waals surface area contributed by atoms with Crippen LogP contribution in [-0.2, 0) is 6.54 Å². The van der Waals surface area contributed by atoms with E-state index in [-0.39, 0.29) is 11.9 Å². The summed E-state index contributed by atoms with van der Waals surface area (Å²) in [6.07, 6.45) is 2.67. The standard InChI is InChI=1S/C13H16ClFN4/c1-3-6-19-12(8-17-18-19)13(16-2)10-5-4-9(15)7-11(10)14/h4-5,7-8,13,16H,3,6H2,1-2H3. The fourth-order valence-corrected chi connectivity index (χ4v) is 2.35. The summed E-state index contributed by atoms with van der Waals surface area (Å²) < 4.78 is 15.0. The largest absolute Gasteiger partial charge is 0.308 e. The molecule has 1 unspecified atom stereocenters. The molecule has 0 aliphatic carbocycles. The molecular formula is C13H16ClFN4. The monoisotopic (exact) mass is 282 g/mol. The minimum Gasteiger partial charge on any atom is -0.308 e. The van der Waals surface area contributed by atoms with Crippen molar-refractivity contribution in [3.8, 4) is 0 Å². The third kappa shape index (κ3) is 2.93. The molecule has 6 heteroatoms. The number of halogens is 2. The highest BCUT2D eigenvalue weighted by atomic mass is 35.5. The number of rotatable bonds is 5. The summed E-state index contributed by atoms with van der Waals surface area (Å²) in [6, 6.07) is 4.24. The normalized spacial score (nSPS) is 12.6. The molecule has 0 fully saturated rings. The van der Waals surface area contributed by atoms with Crippen LogP contribution in [-0.4, -0.2) is 22.0 Å². The van der Waals surface area contributed by atoms with Crippen LogP contribution in [0.25, 0.3) is 0 Å². The molecule has 0 aliphatic rings. The van der Waals surface area contributed by atoms with Crippen molar-refractivity contribution in [2.75, 3.05) is 7.05 Å². The minimum absolute atomic E-state index is 0.158. The highest BCUT2D eigenvalue weighted by molar-refractivity contribution is 6.31. The fraction of sp³-hybridized carbons (Fsp3) is 0.385. The van der Waals surface area contributed by atoms with Crippen molar-refractivity contribution in [1.82, 2.24) is 20.3 Å². The first-order valence-electron chi connectivity index (χ1n) is 6.18. The Kier molecular flexibility index (Phi) is 4.50. The SMILES string of the molecule is CCCn1nncc1C(NC)c1ccc(F)cc1Cl. The lowest BCUT2D eigenvalue weighted by Gasteiger charge is -2.18. The summed E-state index contributed by atoms with van der Waals surface area (Å²) >= 11 is 6.12. The average Bonchev–Trinajstić information content (AvgIpc) is 2.82. The second kappa shape index (κ2) is 6.12. The molecule has 102 valence electrons. The smallest absolute Gasteiger partial charge is 0.124 e. The van der Waals surface area contributed by atoms with E-state index in [2.05, 4.69) is 22.6 Å². The van der Waals surface area contributed by atoms with Crippen LogP contribution < -0.4 is 5.32 Å². The quantitative estimate of drug-likeness (QED) is 0.917. The summed E-state index contributed by atoms with van der Waals surface area (Å²) in [5.41, 5.74) is 1.73. The van der Waals surface area contributed by atoms with E-state index >= 15 is 0 Å². The van der Waals surface area contributed by atoms with E-state index in [0.29, 0.717) is 5.02 Å². The van der Waals surface area contributed by atoms with E-state index in [1.54, 1.807) is 12.3 Å². The molecule has 0 saturated carbocycles. The van der Waals surface area contributed by atoms with Crippen molar-refractivity contribution < 1.29 is 4.39 Å². The first-order valence-corrected chi connectivity index (χ1v) is 6.55. The second-order valence-corrected chi connectivity index (χ2v) is 4.68. The molecule has 1 atom stereocenters. The van der Waals surface area contributed by atoms with Crippen LogP contribution in [0.15, 0.2) is 24.4 Å². The third-order valence-electron chi connectivity index (χ3n) is 2.94. The van der Waals surface area contributed by atoms with Crippen molar-refractivity contribution in [1.29, 1.82) is 0 Å². The summed E-state index contributed by atoms with van der Waals surface area (Å²) in [4.78, 5) is 0. The molecule has 0 spiro atoms. The van der Waals surface area contributed by atoms with E-state index in [4.69, 9.17) is 11.6 Å². The Morgan fingerprint density at radius 3 is 2.89 bits per heavy atom. The molecule has 0 aliphatic heterocycles. The van der Waals surface area contributed by atoms with Crippen LogP contribution in [0.5, 0.6) is 0 Å². The van der Waals surface area contributed by atoms with E-state index in [9.17, 15) is 4.39 Å². The summed E-state index contributed by atoms with van der Waals surface area (Å²) in [6.45, 7) is 2.86. The maximum absolute atomic E-state index is 13.1. The molecule has 4 nitrogen and oxygen atoms in total. The minimum atomic E-state index is -0.344. The lowest BCUT2D eigenvalue weighted by molar-refractivity contribution is 0.523. The molecular weight excluding hydrogens is 267 g/mol. The number of aryl methyl sites for hydroxylation is 1. The topological polar surface area (TPSA) is 42.7 Å². The Hall–Kier alpha value is -1.46. The van der Waals surface area contributed by atoms with E-state index < -0.39 is 0 Å². The highest BCUT2D eigenvalue weighted by Crippen LogP contribution is 2.28. The number of nitrogens with one attached hydrogen (secondary N) is 1. The van der Waals surface area contributed by atoms with Gasteiger partial charge in [-0.05, 0) is 31.2 Å². The zero-order valence-corrected chi connectivity index (χ0v) is 11.7. The predicted octanol–water partition coefficient (Wildman–Crippen LogP) is 2.79. The van der Waals surface area contributed by atoms with Gasteiger partial charge >= 0.3 is 0 Å². The molecule has 1 N–H and O–H groups in total. The summed E-state index contributed by atoms with van der Waals surface area (Å²) in [5, 5.41) is 11.6. The van der Waals surface area contributed by atoms with Crippen LogP contribution in [0.2, 0.25) is 5.02 Å². The molecule has 2 rings (SSSR count). The van der Waals surface area contributed by atoms with Gasteiger partial charge in [-0.15, -0.1) is 5.10 Å². The number of nitrogens with zero attached hydrogens (tertiary/aromatic N) is 3. The predicted molar refractivity (Wildman–Crippen MR) is 72.6 cm³/mol. The maximum atomic E-state index is 13.1. The van der Waals surface area contributed by atoms with Crippen molar-refractivity contribution in [3.63, 3.8) is 0 Å². The molecule has 0 bridgehead atoms. The Morgan fingerprint density at radius 2 is 2.26 bits per heavy atom.